The van der Waals surface area contributed by atoms with E-state index in [2.05, 4.69) is 5.10 Å². The van der Waals surface area contributed by atoms with Crippen LogP contribution in [0.4, 0.5) is 5.69 Å². The summed E-state index contributed by atoms with van der Waals surface area (Å²) in [7, 11) is 1.67. The van der Waals surface area contributed by atoms with Crippen LogP contribution in [-0.4, -0.2) is 33.8 Å². The number of rotatable bonds is 5. The van der Waals surface area contributed by atoms with Crippen molar-refractivity contribution in [3.8, 4) is 0 Å². The Balaban J connectivity index is 2.08. The quantitative estimate of drug-likeness (QED) is 0.898. The van der Waals surface area contributed by atoms with Gasteiger partial charge in [0.15, 0.2) is 5.69 Å². The average molecular weight is 273 g/mol. The first-order valence-corrected chi connectivity index (χ1v) is 6.16. The second-order valence-electron chi connectivity index (χ2n) is 4.31. The third kappa shape index (κ3) is 3.23. The molecule has 2 rings (SSSR count). The summed E-state index contributed by atoms with van der Waals surface area (Å²) in [5.74, 6) is -1.12. The van der Waals surface area contributed by atoms with E-state index in [0.29, 0.717) is 5.69 Å². The number of hydrogen-bond donors (Lipinski definition) is 1. The van der Waals surface area contributed by atoms with Gasteiger partial charge in [0.05, 0.1) is 13.0 Å². The molecule has 0 aliphatic heterocycles. The van der Waals surface area contributed by atoms with Crippen molar-refractivity contribution >= 4 is 17.6 Å². The highest BCUT2D eigenvalue weighted by Crippen LogP contribution is 2.13. The van der Waals surface area contributed by atoms with Crippen molar-refractivity contribution < 1.29 is 14.7 Å². The van der Waals surface area contributed by atoms with E-state index in [4.69, 9.17) is 5.11 Å². The monoisotopic (exact) mass is 273 g/mol. The minimum absolute atomic E-state index is 0.0240. The van der Waals surface area contributed by atoms with Gasteiger partial charge in [-0.3, -0.25) is 14.3 Å². The van der Waals surface area contributed by atoms with Crippen LogP contribution in [-0.2, 0) is 11.3 Å². The maximum Gasteiger partial charge on any atom is 0.305 e. The van der Waals surface area contributed by atoms with Crippen molar-refractivity contribution in [3.63, 3.8) is 0 Å². The summed E-state index contributed by atoms with van der Waals surface area (Å²) in [4.78, 5) is 24.2. The molecule has 0 saturated heterocycles. The van der Waals surface area contributed by atoms with Crippen LogP contribution in [0.1, 0.15) is 16.9 Å². The molecule has 0 fully saturated rings. The molecule has 0 unspecified atom stereocenters. The summed E-state index contributed by atoms with van der Waals surface area (Å²) >= 11 is 0. The molecule has 1 heterocycles. The van der Waals surface area contributed by atoms with Crippen molar-refractivity contribution in [2.45, 2.75) is 13.0 Å². The molecule has 6 nitrogen and oxygen atoms in total. The van der Waals surface area contributed by atoms with Crippen LogP contribution in [0.2, 0.25) is 0 Å². The van der Waals surface area contributed by atoms with E-state index >= 15 is 0 Å². The van der Waals surface area contributed by atoms with Gasteiger partial charge in [0.2, 0.25) is 0 Å². The molecule has 0 saturated carbocycles. The smallest absolute Gasteiger partial charge is 0.305 e. The van der Waals surface area contributed by atoms with Crippen LogP contribution < -0.4 is 4.90 Å². The number of amides is 1. The zero-order valence-electron chi connectivity index (χ0n) is 11.1. The highest BCUT2D eigenvalue weighted by atomic mass is 16.4. The van der Waals surface area contributed by atoms with Gasteiger partial charge in [-0.15, -0.1) is 0 Å². The fourth-order valence-corrected chi connectivity index (χ4v) is 1.75. The van der Waals surface area contributed by atoms with Crippen molar-refractivity contribution in [2.75, 3.05) is 11.9 Å². The molecule has 1 amide bonds. The molecule has 0 bridgehead atoms. The molecule has 2 aromatic rings. The number of carboxylic acid groups (broad SMARTS) is 1. The van der Waals surface area contributed by atoms with Crippen molar-refractivity contribution in [1.29, 1.82) is 0 Å². The third-order valence-electron chi connectivity index (χ3n) is 2.86. The fourth-order valence-electron chi connectivity index (χ4n) is 1.75. The number of para-hydroxylation sites is 1. The van der Waals surface area contributed by atoms with Gasteiger partial charge in [0.1, 0.15) is 0 Å². The van der Waals surface area contributed by atoms with Gasteiger partial charge in [-0.25, -0.2) is 0 Å². The van der Waals surface area contributed by atoms with E-state index in [-0.39, 0.29) is 18.9 Å². The number of hydrogen-bond acceptors (Lipinski definition) is 3. The zero-order valence-corrected chi connectivity index (χ0v) is 11.1. The largest absolute Gasteiger partial charge is 0.481 e. The molecule has 1 aromatic carbocycles. The van der Waals surface area contributed by atoms with E-state index in [1.807, 2.05) is 30.3 Å². The van der Waals surface area contributed by atoms with Gasteiger partial charge in [0.25, 0.3) is 5.91 Å². The van der Waals surface area contributed by atoms with E-state index in [1.54, 1.807) is 19.3 Å². The maximum absolute atomic E-state index is 12.2. The maximum atomic E-state index is 12.2. The Hall–Kier alpha value is -2.63. The summed E-state index contributed by atoms with van der Waals surface area (Å²) in [5.41, 5.74) is 1.07. The van der Waals surface area contributed by atoms with Gasteiger partial charge in [-0.1, -0.05) is 18.2 Å². The van der Waals surface area contributed by atoms with E-state index in [0.717, 1.165) is 5.69 Å². The molecule has 0 spiro atoms. The number of benzene rings is 1. The normalized spacial score (nSPS) is 10.2. The number of aromatic nitrogens is 2. The molecule has 1 N–H and O–H groups in total. The lowest BCUT2D eigenvalue weighted by atomic mass is 10.3. The van der Waals surface area contributed by atoms with Crippen LogP contribution in [0.15, 0.2) is 42.6 Å². The number of aliphatic carboxylic acids is 1. The Bertz CT molecular complexity index is 607. The van der Waals surface area contributed by atoms with E-state index in [1.165, 1.54) is 9.58 Å². The number of nitrogens with zero attached hydrogens (tertiary/aromatic N) is 3. The first kappa shape index (κ1) is 13.8. The summed E-state index contributed by atoms with van der Waals surface area (Å²) < 4.78 is 1.46. The average Bonchev–Trinajstić information content (AvgIpc) is 2.93. The Kier molecular flexibility index (Phi) is 4.14. The number of carbonyl (C=O) groups is 2. The van der Waals surface area contributed by atoms with Gasteiger partial charge >= 0.3 is 5.97 Å². The summed E-state index contributed by atoms with van der Waals surface area (Å²) in [6, 6.07) is 10.8. The molecule has 0 aliphatic carbocycles. The lowest BCUT2D eigenvalue weighted by Gasteiger charge is -2.15. The van der Waals surface area contributed by atoms with Gasteiger partial charge in [-0.2, -0.15) is 5.10 Å². The topological polar surface area (TPSA) is 75.4 Å². The highest BCUT2D eigenvalue weighted by Gasteiger charge is 2.16. The standard InChI is InChI=1S/C14H15N3O3/c1-16(11-5-3-2-4-6-11)14(20)12-7-9-17(15-12)10-8-13(18)19/h2-7,9H,8,10H2,1H3,(H,18,19). The van der Waals surface area contributed by atoms with E-state index in [9.17, 15) is 9.59 Å². The molecule has 20 heavy (non-hydrogen) atoms. The van der Waals surface area contributed by atoms with Gasteiger partial charge in [-0.05, 0) is 18.2 Å². The van der Waals surface area contributed by atoms with E-state index < -0.39 is 5.97 Å². The summed E-state index contributed by atoms with van der Waals surface area (Å²) in [6.45, 7) is 0.248. The molecule has 1 aromatic heterocycles. The number of carboxylic acids is 1. The summed E-state index contributed by atoms with van der Waals surface area (Å²) in [6.07, 6.45) is 1.58. The van der Waals surface area contributed by atoms with Crippen LogP contribution in [0, 0.1) is 0 Å². The molecule has 0 atom stereocenters. The molecular weight excluding hydrogens is 258 g/mol. The molecule has 0 radical (unpaired) electrons. The first-order valence-electron chi connectivity index (χ1n) is 6.16. The minimum Gasteiger partial charge on any atom is -0.481 e. The Morgan fingerprint density at radius 3 is 2.60 bits per heavy atom. The number of anilines is 1. The molecule has 0 aliphatic rings. The van der Waals surface area contributed by atoms with Gasteiger partial charge in [0, 0.05) is 18.9 Å². The van der Waals surface area contributed by atoms with Crippen molar-refractivity contribution in [2.24, 2.45) is 0 Å². The highest BCUT2D eigenvalue weighted by molar-refractivity contribution is 6.04. The Morgan fingerprint density at radius 2 is 1.95 bits per heavy atom. The van der Waals surface area contributed by atoms with Crippen molar-refractivity contribution in [1.82, 2.24) is 9.78 Å². The lowest BCUT2D eigenvalue weighted by molar-refractivity contribution is -0.137. The second-order valence-corrected chi connectivity index (χ2v) is 4.31. The first-order chi connectivity index (χ1) is 9.58. The zero-order chi connectivity index (χ0) is 14.5. The van der Waals surface area contributed by atoms with Crippen LogP contribution >= 0.6 is 0 Å². The third-order valence-corrected chi connectivity index (χ3v) is 2.86. The lowest BCUT2D eigenvalue weighted by Crippen LogP contribution is -2.26. The number of carbonyl (C=O) groups excluding carboxylic acids is 1. The molecular formula is C14H15N3O3. The SMILES string of the molecule is CN(C(=O)c1ccn(CCC(=O)O)n1)c1ccccc1. The predicted molar refractivity (Wildman–Crippen MR) is 73.7 cm³/mol. The van der Waals surface area contributed by atoms with Crippen molar-refractivity contribution in [3.05, 3.63) is 48.3 Å². The Labute approximate surface area is 116 Å². The Morgan fingerprint density at radius 1 is 1.25 bits per heavy atom. The predicted octanol–water partition coefficient (Wildman–Crippen LogP) is 1.63. The van der Waals surface area contributed by atoms with Gasteiger partial charge < -0.3 is 10.0 Å². The van der Waals surface area contributed by atoms with Crippen LogP contribution in [0.5, 0.6) is 0 Å². The molecule has 104 valence electrons. The number of aryl methyl sites for hydroxylation is 1. The fraction of sp³-hybridized carbons (Fsp3) is 0.214. The second kappa shape index (κ2) is 6.01. The van der Waals surface area contributed by atoms with Crippen LogP contribution in [0.3, 0.4) is 0 Å². The minimum atomic E-state index is -0.894. The van der Waals surface area contributed by atoms with Crippen LogP contribution in [0.25, 0.3) is 0 Å². The summed E-state index contributed by atoms with van der Waals surface area (Å²) in [5, 5.41) is 12.7. The molecule has 6 heteroatoms.